The van der Waals surface area contributed by atoms with E-state index in [0.29, 0.717) is 0 Å². The summed E-state index contributed by atoms with van der Waals surface area (Å²) < 4.78 is 0. The van der Waals surface area contributed by atoms with Gasteiger partial charge >= 0.3 is 0 Å². The van der Waals surface area contributed by atoms with Crippen molar-refractivity contribution < 1.29 is 5.11 Å². The minimum atomic E-state index is -0.404. The SMILES string of the molecule is CC1CCC(O)(CSS)CC1. The van der Waals surface area contributed by atoms with Crippen LogP contribution in [0.25, 0.3) is 0 Å². The molecule has 1 nitrogen and oxygen atoms in total. The lowest BCUT2D eigenvalue weighted by molar-refractivity contribution is 0.0152. The highest BCUT2D eigenvalue weighted by Crippen LogP contribution is 2.34. The first-order valence-electron chi connectivity index (χ1n) is 4.15. The quantitative estimate of drug-likeness (QED) is 0.518. The fraction of sp³-hybridized carbons (Fsp3) is 1.00. The Balaban J connectivity index is 2.35. The second-order valence-corrected chi connectivity index (χ2v) is 5.00. The molecule has 1 rings (SSSR count). The summed E-state index contributed by atoms with van der Waals surface area (Å²) in [5.74, 6) is 1.59. The minimum Gasteiger partial charge on any atom is -0.389 e. The van der Waals surface area contributed by atoms with E-state index in [2.05, 4.69) is 18.6 Å². The van der Waals surface area contributed by atoms with E-state index in [1.54, 1.807) is 0 Å². The Morgan fingerprint density at radius 2 is 2.09 bits per heavy atom. The van der Waals surface area contributed by atoms with Crippen molar-refractivity contribution in [3.63, 3.8) is 0 Å². The predicted octanol–water partition coefficient (Wildman–Crippen LogP) is 2.51. The van der Waals surface area contributed by atoms with Crippen molar-refractivity contribution in [3.8, 4) is 0 Å². The highest BCUT2D eigenvalue weighted by Gasteiger charge is 2.30. The molecule has 1 N–H and O–H groups in total. The van der Waals surface area contributed by atoms with Crippen LogP contribution < -0.4 is 0 Å². The molecule has 0 unspecified atom stereocenters. The van der Waals surface area contributed by atoms with Crippen molar-refractivity contribution in [2.75, 3.05) is 5.75 Å². The van der Waals surface area contributed by atoms with Gasteiger partial charge in [0.1, 0.15) is 0 Å². The van der Waals surface area contributed by atoms with Crippen molar-refractivity contribution in [3.05, 3.63) is 0 Å². The zero-order valence-corrected chi connectivity index (χ0v) is 8.63. The van der Waals surface area contributed by atoms with Crippen molar-refractivity contribution in [2.45, 2.75) is 38.2 Å². The number of thiol groups is 1. The summed E-state index contributed by atoms with van der Waals surface area (Å²) in [6, 6.07) is 0. The molecule has 3 heteroatoms. The molecule has 0 aromatic rings. The number of aliphatic hydroxyl groups is 1. The van der Waals surface area contributed by atoms with Crippen molar-refractivity contribution in [1.29, 1.82) is 0 Å². The van der Waals surface area contributed by atoms with Crippen LogP contribution in [-0.2, 0) is 0 Å². The zero-order chi connectivity index (χ0) is 8.32. The molecule has 0 atom stereocenters. The van der Waals surface area contributed by atoms with Gasteiger partial charge in [-0.05, 0) is 31.6 Å². The second-order valence-electron chi connectivity index (χ2n) is 3.68. The maximum absolute atomic E-state index is 9.92. The fourth-order valence-electron chi connectivity index (χ4n) is 1.56. The van der Waals surface area contributed by atoms with Crippen LogP contribution in [0, 0.1) is 5.92 Å². The second kappa shape index (κ2) is 4.06. The summed E-state index contributed by atoms with van der Waals surface area (Å²) in [4.78, 5) is 0. The summed E-state index contributed by atoms with van der Waals surface area (Å²) in [5.41, 5.74) is -0.404. The molecule has 1 aliphatic rings. The van der Waals surface area contributed by atoms with Crippen molar-refractivity contribution >= 4 is 22.5 Å². The van der Waals surface area contributed by atoms with Gasteiger partial charge in [-0.2, -0.15) is 0 Å². The lowest BCUT2D eigenvalue weighted by Gasteiger charge is -2.34. The summed E-state index contributed by atoms with van der Waals surface area (Å²) in [6.07, 6.45) is 4.26. The van der Waals surface area contributed by atoms with Gasteiger partial charge in [0.2, 0.25) is 0 Å². The van der Waals surface area contributed by atoms with Crippen molar-refractivity contribution in [2.24, 2.45) is 5.92 Å². The van der Waals surface area contributed by atoms with E-state index < -0.39 is 5.60 Å². The largest absolute Gasteiger partial charge is 0.389 e. The molecule has 1 fully saturated rings. The van der Waals surface area contributed by atoms with Crippen LogP contribution in [-0.4, -0.2) is 16.5 Å². The van der Waals surface area contributed by atoms with Gasteiger partial charge in [0.05, 0.1) is 5.60 Å². The monoisotopic (exact) mass is 192 g/mol. The van der Waals surface area contributed by atoms with Crippen LogP contribution in [0.4, 0.5) is 0 Å². The first-order chi connectivity index (χ1) is 5.16. The summed E-state index contributed by atoms with van der Waals surface area (Å²) in [7, 11) is 1.45. The van der Waals surface area contributed by atoms with Crippen molar-refractivity contribution in [1.82, 2.24) is 0 Å². The average molecular weight is 192 g/mol. The maximum atomic E-state index is 9.92. The minimum absolute atomic E-state index is 0.404. The van der Waals surface area contributed by atoms with Gasteiger partial charge in [0, 0.05) is 5.75 Å². The molecule has 0 aromatic carbocycles. The Morgan fingerprint density at radius 1 is 1.55 bits per heavy atom. The zero-order valence-electron chi connectivity index (χ0n) is 6.92. The highest BCUT2D eigenvalue weighted by atomic mass is 33.1. The molecule has 0 saturated heterocycles. The summed E-state index contributed by atoms with van der Waals surface area (Å²) in [6.45, 7) is 2.26. The van der Waals surface area contributed by atoms with E-state index in [1.165, 1.54) is 23.6 Å². The third-order valence-corrected chi connectivity index (χ3v) is 3.59. The van der Waals surface area contributed by atoms with Crippen LogP contribution in [0.2, 0.25) is 0 Å². The average Bonchev–Trinajstić information content (AvgIpc) is 1.97. The van der Waals surface area contributed by atoms with E-state index in [1.807, 2.05) is 0 Å². The Labute approximate surface area is 77.8 Å². The summed E-state index contributed by atoms with van der Waals surface area (Å²) >= 11 is 4.06. The van der Waals surface area contributed by atoms with Gasteiger partial charge < -0.3 is 5.11 Å². The standard InChI is InChI=1S/C8H16OS2/c1-7-2-4-8(9,5-3-7)6-11-10/h7,9-10H,2-6H2,1H3. The predicted molar refractivity (Wildman–Crippen MR) is 54.0 cm³/mol. The molecule has 0 amide bonds. The van der Waals surface area contributed by atoms with Crippen LogP contribution in [0.3, 0.4) is 0 Å². The highest BCUT2D eigenvalue weighted by molar-refractivity contribution is 8.68. The van der Waals surface area contributed by atoms with E-state index >= 15 is 0 Å². The summed E-state index contributed by atoms with van der Waals surface area (Å²) in [5, 5.41) is 9.92. The molecule has 11 heavy (non-hydrogen) atoms. The Hall–Kier alpha value is 0.660. The van der Waals surface area contributed by atoms with E-state index in [9.17, 15) is 5.11 Å². The lowest BCUT2D eigenvalue weighted by Crippen LogP contribution is -2.35. The molecule has 0 aliphatic heterocycles. The molecule has 0 bridgehead atoms. The Kier molecular flexibility index (Phi) is 3.59. The van der Waals surface area contributed by atoms with E-state index in [4.69, 9.17) is 0 Å². The lowest BCUT2D eigenvalue weighted by atomic mass is 9.81. The molecule has 1 aliphatic carbocycles. The maximum Gasteiger partial charge on any atom is 0.0746 e. The van der Waals surface area contributed by atoms with Crippen LogP contribution >= 0.6 is 22.5 Å². The molecule has 0 heterocycles. The number of hydrogen-bond acceptors (Lipinski definition) is 3. The first kappa shape index (κ1) is 9.75. The first-order valence-corrected chi connectivity index (χ1v) is 6.19. The van der Waals surface area contributed by atoms with Gasteiger partial charge in [-0.15, -0.1) is 11.7 Å². The van der Waals surface area contributed by atoms with E-state index in [0.717, 1.165) is 24.5 Å². The van der Waals surface area contributed by atoms with Crippen LogP contribution in [0.5, 0.6) is 0 Å². The normalized spacial score (nSPS) is 39.0. The molecule has 1 saturated carbocycles. The third kappa shape index (κ3) is 2.88. The van der Waals surface area contributed by atoms with E-state index in [-0.39, 0.29) is 0 Å². The molecule has 0 aromatic heterocycles. The Morgan fingerprint density at radius 3 is 2.55 bits per heavy atom. The molecular weight excluding hydrogens is 176 g/mol. The van der Waals surface area contributed by atoms with Crippen LogP contribution in [0.1, 0.15) is 32.6 Å². The van der Waals surface area contributed by atoms with Crippen LogP contribution in [0.15, 0.2) is 0 Å². The molecule has 66 valence electrons. The Bertz CT molecular complexity index is 119. The fourth-order valence-corrected chi connectivity index (χ4v) is 2.81. The molecule has 0 spiro atoms. The topological polar surface area (TPSA) is 20.2 Å². The van der Waals surface area contributed by atoms with Gasteiger partial charge in [-0.3, -0.25) is 0 Å². The third-order valence-electron chi connectivity index (χ3n) is 2.54. The van der Waals surface area contributed by atoms with Gasteiger partial charge in [-0.1, -0.05) is 17.7 Å². The molecular formula is C8H16OS2. The van der Waals surface area contributed by atoms with Gasteiger partial charge in [0.25, 0.3) is 0 Å². The van der Waals surface area contributed by atoms with Gasteiger partial charge in [0.15, 0.2) is 0 Å². The smallest absolute Gasteiger partial charge is 0.0746 e. The van der Waals surface area contributed by atoms with Gasteiger partial charge in [-0.25, -0.2) is 0 Å². The number of rotatable bonds is 2. The number of hydrogen-bond donors (Lipinski definition) is 2. The molecule has 0 radical (unpaired) electrons.